The molecule has 0 saturated carbocycles. The van der Waals surface area contributed by atoms with E-state index >= 15 is 0 Å². The predicted molar refractivity (Wildman–Crippen MR) is 79.0 cm³/mol. The molecular weight excluding hydrogens is 312 g/mol. The number of benzene rings is 1. The van der Waals surface area contributed by atoms with Crippen LogP contribution in [0.15, 0.2) is 18.2 Å². The molecule has 0 aromatic heterocycles. The monoisotopic (exact) mass is 326 g/mol. The molecule has 1 aliphatic heterocycles. The SMILES string of the molecule is CC1CCC(C(=O)O)CN1C(=O)c1ccc([N+](=O)[O-])c(Cl)c1. The van der Waals surface area contributed by atoms with Crippen LogP contribution < -0.4 is 0 Å². The number of likely N-dealkylation sites (tertiary alicyclic amines) is 1. The van der Waals surface area contributed by atoms with E-state index < -0.39 is 16.8 Å². The molecule has 1 aromatic rings. The third-order valence-corrected chi connectivity index (χ3v) is 4.19. The van der Waals surface area contributed by atoms with Crippen LogP contribution in [0.1, 0.15) is 30.1 Å². The van der Waals surface area contributed by atoms with Gasteiger partial charge < -0.3 is 10.0 Å². The Balaban J connectivity index is 2.24. The van der Waals surface area contributed by atoms with Gasteiger partial charge in [-0.25, -0.2) is 0 Å². The summed E-state index contributed by atoms with van der Waals surface area (Å²) in [5.41, 5.74) is -0.0539. The highest BCUT2D eigenvalue weighted by atomic mass is 35.5. The fraction of sp³-hybridized carbons (Fsp3) is 0.429. The molecule has 0 radical (unpaired) electrons. The lowest BCUT2D eigenvalue weighted by Gasteiger charge is -2.36. The summed E-state index contributed by atoms with van der Waals surface area (Å²) in [5, 5.41) is 19.7. The quantitative estimate of drug-likeness (QED) is 0.679. The first-order chi connectivity index (χ1) is 10.3. The number of amides is 1. The van der Waals surface area contributed by atoms with E-state index in [0.29, 0.717) is 12.8 Å². The molecule has 0 spiro atoms. The van der Waals surface area contributed by atoms with Crippen LogP contribution in [-0.4, -0.2) is 39.4 Å². The zero-order valence-electron chi connectivity index (χ0n) is 11.9. The summed E-state index contributed by atoms with van der Waals surface area (Å²) in [7, 11) is 0. The van der Waals surface area contributed by atoms with Crippen molar-refractivity contribution >= 4 is 29.2 Å². The van der Waals surface area contributed by atoms with Crippen LogP contribution in [-0.2, 0) is 4.79 Å². The van der Waals surface area contributed by atoms with Crippen molar-refractivity contribution in [1.29, 1.82) is 0 Å². The summed E-state index contributed by atoms with van der Waals surface area (Å²) in [6.45, 7) is 1.98. The fourth-order valence-electron chi connectivity index (χ4n) is 2.55. The Labute approximate surface area is 131 Å². The van der Waals surface area contributed by atoms with Crippen LogP contribution in [0.3, 0.4) is 0 Å². The predicted octanol–water partition coefficient (Wildman–Crippen LogP) is 2.57. The Morgan fingerprint density at radius 2 is 2.09 bits per heavy atom. The molecule has 22 heavy (non-hydrogen) atoms. The van der Waals surface area contributed by atoms with Crippen molar-refractivity contribution in [1.82, 2.24) is 4.90 Å². The van der Waals surface area contributed by atoms with E-state index in [1.807, 2.05) is 6.92 Å². The van der Waals surface area contributed by atoms with Gasteiger partial charge in [0.05, 0.1) is 10.8 Å². The first-order valence-electron chi connectivity index (χ1n) is 6.79. The number of carbonyl (C=O) groups excluding carboxylic acids is 1. The molecule has 2 rings (SSSR count). The molecule has 0 bridgehead atoms. The number of piperidine rings is 1. The van der Waals surface area contributed by atoms with Crippen LogP contribution >= 0.6 is 11.6 Å². The normalized spacial score (nSPS) is 21.5. The van der Waals surface area contributed by atoms with Crippen molar-refractivity contribution in [2.45, 2.75) is 25.8 Å². The molecular formula is C14H15ClN2O5. The summed E-state index contributed by atoms with van der Waals surface area (Å²) >= 11 is 5.82. The molecule has 2 unspecified atom stereocenters. The van der Waals surface area contributed by atoms with Gasteiger partial charge in [-0.3, -0.25) is 19.7 Å². The van der Waals surface area contributed by atoms with Gasteiger partial charge in [-0.1, -0.05) is 11.6 Å². The molecule has 1 fully saturated rings. The maximum Gasteiger partial charge on any atom is 0.308 e. The van der Waals surface area contributed by atoms with E-state index in [2.05, 4.69) is 0 Å². The zero-order valence-corrected chi connectivity index (χ0v) is 12.6. The average molecular weight is 327 g/mol. The first kappa shape index (κ1) is 16.2. The van der Waals surface area contributed by atoms with Crippen LogP contribution in [0.25, 0.3) is 0 Å². The van der Waals surface area contributed by atoms with Gasteiger partial charge in [-0.15, -0.1) is 0 Å². The van der Waals surface area contributed by atoms with Gasteiger partial charge in [0.2, 0.25) is 0 Å². The Morgan fingerprint density at radius 3 is 2.64 bits per heavy atom. The molecule has 7 nitrogen and oxygen atoms in total. The van der Waals surface area contributed by atoms with Crippen molar-refractivity contribution in [2.75, 3.05) is 6.54 Å². The van der Waals surface area contributed by atoms with Gasteiger partial charge in [0.1, 0.15) is 5.02 Å². The van der Waals surface area contributed by atoms with E-state index in [0.717, 1.165) is 0 Å². The largest absolute Gasteiger partial charge is 0.481 e. The smallest absolute Gasteiger partial charge is 0.308 e. The lowest BCUT2D eigenvalue weighted by atomic mass is 9.93. The second kappa shape index (κ2) is 6.31. The van der Waals surface area contributed by atoms with Gasteiger partial charge in [0.25, 0.3) is 11.6 Å². The summed E-state index contributed by atoms with van der Waals surface area (Å²) in [6, 6.07) is 3.68. The number of rotatable bonds is 3. The number of nitrogens with zero attached hydrogens (tertiary/aromatic N) is 2. The molecule has 1 aliphatic rings. The number of aliphatic carboxylic acids is 1. The Morgan fingerprint density at radius 1 is 1.41 bits per heavy atom. The topological polar surface area (TPSA) is 101 Å². The highest BCUT2D eigenvalue weighted by molar-refractivity contribution is 6.33. The molecule has 1 heterocycles. The van der Waals surface area contributed by atoms with Crippen molar-refractivity contribution in [2.24, 2.45) is 5.92 Å². The minimum atomic E-state index is -0.925. The third kappa shape index (κ3) is 3.19. The third-order valence-electron chi connectivity index (χ3n) is 3.88. The molecule has 2 atom stereocenters. The van der Waals surface area contributed by atoms with Crippen LogP contribution in [0.4, 0.5) is 5.69 Å². The van der Waals surface area contributed by atoms with Crippen molar-refractivity contribution in [3.63, 3.8) is 0 Å². The number of carboxylic acid groups (broad SMARTS) is 1. The second-order valence-electron chi connectivity index (χ2n) is 5.34. The van der Waals surface area contributed by atoms with Crippen molar-refractivity contribution in [3.8, 4) is 0 Å². The summed E-state index contributed by atoms with van der Waals surface area (Å²) < 4.78 is 0. The molecule has 1 saturated heterocycles. The Bertz CT molecular complexity index is 634. The Hall–Kier alpha value is -2.15. The molecule has 1 aromatic carbocycles. The first-order valence-corrected chi connectivity index (χ1v) is 7.16. The van der Waals surface area contributed by atoms with Gasteiger partial charge >= 0.3 is 5.97 Å². The van der Waals surface area contributed by atoms with Gasteiger partial charge in [-0.2, -0.15) is 0 Å². The fourth-order valence-corrected chi connectivity index (χ4v) is 2.79. The number of carboxylic acids is 1. The van der Waals surface area contributed by atoms with E-state index in [9.17, 15) is 19.7 Å². The maximum absolute atomic E-state index is 12.5. The van der Waals surface area contributed by atoms with E-state index in [4.69, 9.17) is 16.7 Å². The van der Waals surface area contributed by atoms with E-state index in [-0.39, 0.29) is 34.8 Å². The van der Waals surface area contributed by atoms with Gasteiger partial charge in [-0.05, 0) is 31.9 Å². The minimum absolute atomic E-state index is 0.0860. The maximum atomic E-state index is 12.5. The van der Waals surface area contributed by atoms with Crippen LogP contribution in [0, 0.1) is 16.0 Å². The summed E-state index contributed by atoms with van der Waals surface area (Å²) in [6.07, 6.45) is 1.13. The van der Waals surface area contributed by atoms with Gasteiger partial charge in [0.15, 0.2) is 0 Å². The lowest BCUT2D eigenvalue weighted by molar-refractivity contribution is -0.384. The number of halogens is 1. The Kier molecular flexibility index (Phi) is 4.65. The molecule has 118 valence electrons. The molecule has 8 heteroatoms. The van der Waals surface area contributed by atoms with Crippen LogP contribution in [0.2, 0.25) is 5.02 Å². The average Bonchev–Trinajstić information content (AvgIpc) is 2.46. The summed E-state index contributed by atoms with van der Waals surface area (Å²) in [5.74, 6) is -1.88. The second-order valence-corrected chi connectivity index (χ2v) is 5.75. The number of nitro groups is 1. The molecule has 1 N–H and O–H groups in total. The number of hydrogen-bond acceptors (Lipinski definition) is 4. The van der Waals surface area contributed by atoms with Crippen molar-refractivity contribution < 1.29 is 19.6 Å². The van der Waals surface area contributed by atoms with Crippen LogP contribution in [0.5, 0.6) is 0 Å². The minimum Gasteiger partial charge on any atom is -0.481 e. The molecule has 1 amide bonds. The highest BCUT2D eigenvalue weighted by Crippen LogP contribution is 2.28. The highest BCUT2D eigenvalue weighted by Gasteiger charge is 2.33. The summed E-state index contributed by atoms with van der Waals surface area (Å²) in [4.78, 5) is 35.2. The van der Waals surface area contributed by atoms with Crippen molar-refractivity contribution in [3.05, 3.63) is 38.9 Å². The standard InChI is InChI=1S/C14H15ClN2O5/c1-8-2-3-10(14(19)20)7-16(8)13(18)9-4-5-12(17(21)22)11(15)6-9/h4-6,8,10H,2-3,7H2,1H3,(H,19,20). The number of nitro benzene ring substituents is 1. The van der Waals surface area contributed by atoms with E-state index in [1.165, 1.54) is 23.1 Å². The number of hydrogen-bond donors (Lipinski definition) is 1. The number of carbonyl (C=O) groups is 2. The van der Waals surface area contributed by atoms with E-state index in [1.54, 1.807) is 0 Å². The molecule has 0 aliphatic carbocycles. The zero-order chi connectivity index (χ0) is 16.4. The lowest BCUT2D eigenvalue weighted by Crippen LogP contribution is -2.47. The van der Waals surface area contributed by atoms with Gasteiger partial charge in [0, 0.05) is 24.2 Å².